The van der Waals surface area contributed by atoms with Gasteiger partial charge in [-0.3, -0.25) is 0 Å². The first-order valence-corrected chi connectivity index (χ1v) is 3.83. The summed E-state index contributed by atoms with van der Waals surface area (Å²) in [6.45, 7) is 2.64. The van der Waals surface area contributed by atoms with Crippen LogP contribution in [0.3, 0.4) is 0 Å². The summed E-state index contributed by atoms with van der Waals surface area (Å²) in [7, 11) is 0. The van der Waals surface area contributed by atoms with Gasteiger partial charge in [-0.2, -0.15) is 0 Å². The Hall–Kier alpha value is -0.200. The van der Waals surface area contributed by atoms with Crippen molar-refractivity contribution in [1.29, 1.82) is 0 Å². The van der Waals surface area contributed by atoms with Crippen LogP contribution in [0.15, 0.2) is 0 Å². The molecule has 0 fully saturated rings. The summed E-state index contributed by atoms with van der Waals surface area (Å²) in [5.74, 6) is 0. The minimum absolute atomic E-state index is 0.148. The van der Waals surface area contributed by atoms with Gasteiger partial charge in [0.05, 0.1) is 19.3 Å². The van der Waals surface area contributed by atoms with Crippen molar-refractivity contribution < 1.29 is 25.1 Å². The van der Waals surface area contributed by atoms with E-state index in [1.54, 1.807) is 13.8 Å². The fourth-order valence-electron chi connectivity index (χ4n) is 0.516. The number of aliphatic hydroxyl groups excluding tert-OH is 3. The summed E-state index contributed by atoms with van der Waals surface area (Å²) < 4.78 is 0. The smallest absolute Gasteiger partial charge is 0.144 e. The number of hydrogen-bond donors (Lipinski definition) is 3. The molecule has 0 saturated carbocycles. The lowest BCUT2D eigenvalue weighted by atomic mass is 10.2. The number of rotatable bonds is 6. The third-order valence-corrected chi connectivity index (χ3v) is 1.17. The van der Waals surface area contributed by atoms with E-state index in [2.05, 4.69) is 9.78 Å². The molecule has 0 aliphatic carbocycles. The number of hydrogen-bond acceptors (Lipinski definition) is 5. The molecule has 0 aliphatic heterocycles. The van der Waals surface area contributed by atoms with Crippen LogP contribution in [0.25, 0.3) is 0 Å². The SMILES string of the molecule is CC(C)OOC(CO)C(O)CO. The Kier molecular flexibility index (Phi) is 6.23. The highest BCUT2D eigenvalue weighted by Crippen LogP contribution is 2.01. The average Bonchev–Trinajstić information content (AvgIpc) is 2.04. The fourth-order valence-corrected chi connectivity index (χ4v) is 0.516. The van der Waals surface area contributed by atoms with E-state index in [4.69, 9.17) is 15.3 Å². The van der Waals surface area contributed by atoms with Crippen molar-refractivity contribution in [2.24, 2.45) is 0 Å². The van der Waals surface area contributed by atoms with Gasteiger partial charge in [0.2, 0.25) is 0 Å². The van der Waals surface area contributed by atoms with E-state index < -0.39 is 25.4 Å². The van der Waals surface area contributed by atoms with E-state index >= 15 is 0 Å². The number of aliphatic hydroxyl groups is 3. The minimum Gasteiger partial charge on any atom is -0.394 e. The first-order valence-electron chi connectivity index (χ1n) is 3.83. The van der Waals surface area contributed by atoms with Crippen LogP contribution in [-0.4, -0.2) is 46.8 Å². The minimum atomic E-state index is -1.12. The summed E-state index contributed by atoms with van der Waals surface area (Å²) in [6.07, 6.45) is -2.16. The molecule has 0 amide bonds. The fraction of sp³-hybridized carbons (Fsp3) is 1.00. The zero-order valence-corrected chi connectivity index (χ0v) is 7.30. The van der Waals surface area contributed by atoms with Crippen LogP contribution >= 0.6 is 0 Å². The van der Waals surface area contributed by atoms with Crippen LogP contribution in [0.4, 0.5) is 0 Å². The predicted molar refractivity (Wildman–Crippen MR) is 41.3 cm³/mol. The first-order chi connectivity index (χ1) is 5.61. The molecule has 5 nitrogen and oxygen atoms in total. The van der Waals surface area contributed by atoms with Crippen molar-refractivity contribution >= 4 is 0 Å². The zero-order chi connectivity index (χ0) is 9.56. The van der Waals surface area contributed by atoms with Crippen LogP contribution in [-0.2, 0) is 9.78 Å². The molecule has 0 saturated heterocycles. The second-order valence-electron chi connectivity index (χ2n) is 2.71. The molecular weight excluding hydrogens is 164 g/mol. The van der Waals surface area contributed by atoms with Crippen LogP contribution in [0, 0.1) is 0 Å². The van der Waals surface area contributed by atoms with Crippen molar-refractivity contribution in [3.05, 3.63) is 0 Å². The van der Waals surface area contributed by atoms with E-state index in [-0.39, 0.29) is 6.10 Å². The average molecular weight is 180 g/mol. The van der Waals surface area contributed by atoms with Gasteiger partial charge in [-0.1, -0.05) is 0 Å². The van der Waals surface area contributed by atoms with Gasteiger partial charge in [0, 0.05) is 0 Å². The molecule has 0 aromatic heterocycles. The topological polar surface area (TPSA) is 79.2 Å². The first kappa shape index (κ1) is 11.8. The van der Waals surface area contributed by atoms with Gasteiger partial charge < -0.3 is 15.3 Å². The van der Waals surface area contributed by atoms with Gasteiger partial charge in [-0.15, -0.1) is 0 Å². The summed E-state index contributed by atoms with van der Waals surface area (Å²) in [6, 6.07) is 0. The van der Waals surface area contributed by atoms with E-state index in [0.717, 1.165) is 0 Å². The predicted octanol–water partition coefficient (Wildman–Crippen LogP) is -0.943. The van der Waals surface area contributed by atoms with E-state index in [1.165, 1.54) is 0 Å². The van der Waals surface area contributed by atoms with Gasteiger partial charge in [0.15, 0.2) is 0 Å². The molecule has 0 rings (SSSR count). The highest BCUT2D eigenvalue weighted by molar-refractivity contribution is 4.64. The van der Waals surface area contributed by atoms with Crippen molar-refractivity contribution in [2.45, 2.75) is 32.2 Å². The Morgan fingerprint density at radius 2 is 1.67 bits per heavy atom. The molecule has 74 valence electrons. The molecule has 0 bridgehead atoms. The Balaban J connectivity index is 3.67. The van der Waals surface area contributed by atoms with E-state index in [1.807, 2.05) is 0 Å². The maximum atomic E-state index is 9.02. The quantitative estimate of drug-likeness (QED) is 0.363. The molecule has 5 heteroatoms. The molecule has 0 spiro atoms. The molecule has 0 heterocycles. The molecule has 0 aromatic carbocycles. The summed E-state index contributed by atoms with van der Waals surface area (Å²) in [4.78, 5) is 9.33. The van der Waals surface area contributed by atoms with Crippen molar-refractivity contribution in [2.75, 3.05) is 13.2 Å². The molecule has 0 radical (unpaired) electrons. The van der Waals surface area contributed by atoms with Crippen molar-refractivity contribution in [1.82, 2.24) is 0 Å². The Bertz CT molecular complexity index is 106. The van der Waals surface area contributed by atoms with Gasteiger partial charge in [0.1, 0.15) is 12.2 Å². The molecule has 0 aromatic rings. The molecule has 12 heavy (non-hydrogen) atoms. The largest absolute Gasteiger partial charge is 0.394 e. The Morgan fingerprint density at radius 1 is 1.08 bits per heavy atom. The molecule has 2 unspecified atom stereocenters. The van der Waals surface area contributed by atoms with Crippen molar-refractivity contribution in [3.8, 4) is 0 Å². The van der Waals surface area contributed by atoms with Crippen LogP contribution < -0.4 is 0 Å². The monoisotopic (exact) mass is 180 g/mol. The summed E-state index contributed by atoms with van der Waals surface area (Å²) in [5.41, 5.74) is 0. The lowest BCUT2D eigenvalue weighted by molar-refractivity contribution is -0.361. The highest BCUT2D eigenvalue weighted by Gasteiger charge is 2.19. The Morgan fingerprint density at radius 3 is 2.00 bits per heavy atom. The van der Waals surface area contributed by atoms with Crippen LogP contribution in [0.2, 0.25) is 0 Å². The lowest BCUT2D eigenvalue weighted by Gasteiger charge is -2.19. The van der Waals surface area contributed by atoms with E-state index in [0.29, 0.717) is 0 Å². The molecule has 0 aliphatic rings. The van der Waals surface area contributed by atoms with Gasteiger partial charge in [-0.25, -0.2) is 9.78 Å². The Labute approximate surface area is 71.5 Å². The normalized spacial score (nSPS) is 16.5. The zero-order valence-electron chi connectivity index (χ0n) is 7.30. The maximum absolute atomic E-state index is 9.02. The van der Waals surface area contributed by atoms with Gasteiger partial charge in [0.25, 0.3) is 0 Å². The maximum Gasteiger partial charge on any atom is 0.144 e. The second-order valence-corrected chi connectivity index (χ2v) is 2.71. The molecule has 2 atom stereocenters. The second kappa shape index (κ2) is 6.33. The van der Waals surface area contributed by atoms with Crippen molar-refractivity contribution in [3.63, 3.8) is 0 Å². The lowest BCUT2D eigenvalue weighted by Crippen LogP contribution is -2.35. The standard InChI is InChI=1S/C7H16O5/c1-5(2)11-12-7(4-9)6(10)3-8/h5-10H,3-4H2,1-2H3. The third kappa shape index (κ3) is 4.63. The summed E-state index contributed by atoms with van der Waals surface area (Å²) >= 11 is 0. The van der Waals surface area contributed by atoms with Crippen LogP contribution in [0.5, 0.6) is 0 Å². The van der Waals surface area contributed by atoms with Crippen LogP contribution in [0.1, 0.15) is 13.8 Å². The molecule has 3 N–H and O–H groups in total. The highest BCUT2D eigenvalue weighted by atomic mass is 17.2. The van der Waals surface area contributed by atoms with Gasteiger partial charge in [-0.05, 0) is 13.8 Å². The third-order valence-electron chi connectivity index (χ3n) is 1.17. The van der Waals surface area contributed by atoms with Gasteiger partial charge >= 0.3 is 0 Å². The van der Waals surface area contributed by atoms with E-state index in [9.17, 15) is 0 Å². The molecular formula is C7H16O5. The summed E-state index contributed by atoms with van der Waals surface area (Å²) in [5, 5.41) is 26.2.